The molecule has 2 aromatic carbocycles. The summed E-state index contributed by atoms with van der Waals surface area (Å²) in [5.74, 6) is 0.113. The van der Waals surface area contributed by atoms with E-state index in [1.807, 2.05) is 24.3 Å². The molecular formula is C18H17ClN2O3. The number of nitrogens with one attached hydrogen (secondary N) is 1. The van der Waals surface area contributed by atoms with Crippen molar-refractivity contribution in [3.63, 3.8) is 0 Å². The lowest BCUT2D eigenvalue weighted by Gasteiger charge is -2.33. The molecule has 124 valence electrons. The number of carbonyl (C=O) groups is 2. The number of para-hydroxylation sites is 2. The van der Waals surface area contributed by atoms with Gasteiger partial charge in [-0.15, -0.1) is 0 Å². The normalized spacial score (nSPS) is 16.1. The Labute approximate surface area is 145 Å². The van der Waals surface area contributed by atoms with Crippen LogP contribution in [0.5, 0.6) is 5.75 Å². The van der Waals surface area contributed by atoms with Crippen LogP contribution in [0.2, 0.25) is 5.02 Å². The van der Waals surface area contributed by atoms with E-state index in [1.54, 1.807) is 29.2 Å². The third-order valence-electron chi connectivity index (χ3n) is 3.86. The SMILES string of the molecule is CC(=O)N1C[C@H](C(=O)NCc2ccccc2Cl)Oc2ccccc21. The predicted molar refractivity (Wildman–Crippen MR) is 92.2 cm³/mol. The van der Waals surface area contributed by atoms with Gasteiger partial charge in [-0.2, -0.15) is 0 Å². The molecular weight excluding hydrogens is 328 g/mol. The minimum Gasteiger partial charge on any atom is -0.477 e. The lowest BCUT2D eigenvalue weighted by Crippen LogP contribution is -2.50. The van der Waals surface area contributed by atoms with Crippen LogP contribution >= 0.6 is 11.6 Å². The van der Waals surface area contributed by atoms with Crippen molar-refractivity contribution in [2.45, 2.75) is 19.6 Å². The average Bonchev–Trinajstić information content (AvgIpc) is 2.59. The molecule has 1 aliphatic rings. The molecule has 6 heteroatoms. The number of benzene rings is 2. The van der Waals surface area contributed by atoms with Gasteiger partial charge in [-0.05, 0) is 23.8 Å². The molecule has 0 fully saturated rings. The highest BCUT2D eigenvalue weighted by atomic mass is 35.5. The summed E-state index contributed by atoms with van der Waals surface area (Å²) in [5, 5.41) is 3.41. The maximum Gasteiger partial charge on any atom is 0.263 e. The number of rotatable bonds is 3. The van der Waals surface area contributed by atoms with Gasteiger partial charge in [0.25, 0.3) is 5.91 Å². The summed E-state index contributed by atoms with van der Waals surface area (Å²) in [6.07, 6.45) is -0.758. The summed E-state index contributed by atoms with van der Waals surface area (Å²) in [7, 11) is 0. The highest BCUT2D eigenvalue weighted by Gasteiger charge is 2.32. The number of carbonyl (C=O) groups excluding carboxylic acids is 2. The van der Waals surface area contributed by atoms with E-state index in [-0.39, 0.29) is 18.4 Å². The Balaban J connectivity index is 1.72. The fraction of sp³-hybridized carbons (Fsp3) is 0.222. The third kappa shape index (κ3) is 3.36. The van der Waals surface area contributed by atoms with Crippen molar-refractivity contribution in [2.24, 2.45) is 0 Å². The van der Waals surface area contributed by atoms with Gasteiger partial charge in [0, 0.05) is 18.5 Å². The van der Waals surface area contributed by atoms with Crippen molar-refractivity contribution < 1.29 is 14.3 Å². The molecule has 1 aliphatic heterocycles. The van der Waals surface area contributed by atoms with Crippen LogP contribution in [-0.4, -0.2) is 24.5 Å². The minimum absolute atomic E-state index is 0.130. The van der Waals surface area contributed by atoms with E-state index < -0.39 is 6.10 Å². The zero-order valence-corrected chi connectivity index (χ0v) is 13.9. The summed E-state index contributed by atoms with van der Waals surface area (Å²) in [4.78, 5) is 25.9. The second kappa shape index (κ2) is 6.93. The van der Waals surface area contributed by atoms with Crippen LogP contribution < -0.4 is 15.0 Å². The summed E-state index contributed by atoms with van der Waals surface area (Å²) < 4.78 is 5.75. The molecule has 2 aromatic rings. The zero-order chi connectivity index (χ0) is 17.1. The first-order chi connectivity index (χ1) is 11.6. The summed E-state index contributed by atoms with van der Waals surface area (Å²) in [6.45, 7) is 1.96. The number of hydrogen-bond donors (Lipinski definition) is 1. The molecule has 0 spiro atoms. The van der Waals surface area contributed by atoms with E-state index >= 15 is 0 Å². The Bertz CT molecular complexity index is 778. The zero-order valence-electron chi connectivity index (χ0n) is 13.2. The van der Waals surface area contributed by atoms with E-state index in [9.17, 15) is 9.59 Å². The Kier molecular flexibility index (Phi) is 4.71. The van der Waals surface area contributed by atoms with Crippen LogP contribution in [0.25, 0.3) is 0 Å². The van der Waals surface area contributed by atoms with Gasteiger partial charge in [-0.3, -0.25) is 9.59 Å². The van der Waals surface area contributed by atoms with Crippen LogP contribution in [0.1, 0.15) is 12.5 Å². The third-order valence-corrected chi connectivity index (χ3v) is 4.23. The molecule has 24 heavy (non-hydrogen) atoms. The second-order valence-electron chi connectivity index (χ2n) is 5.51. The van der Waals surface area contributed by atoms with Crippen molar-refractivity contribution in [1.29, 1.82) is 0 Å². The van der Waals surface area contributed by atoms with Gasteiger partial charge < -0.3 is 15.0 Å². The van der Waals surface area contributed by atoms with E-state index in [2.05, 4.69) is 5.32 Å². The van der Waals surface area contributed by atoms with Gasteiger partial charge >= 0.3 is 0 Å². The molecule has 0 unspecified atom stereocenters. The Morgan fingerprint density at radius 3 is 2.67 bits per heavy atom. The molecule has 0 bridgehead atoms. The van der Waals surface area contributed by atoms with Gasteiger partial charge in [-0.25, -0.2) is 0 Å². The quantitative estimate of drug-likeness (QED) is 0.931. The monoisotopic (exact) mass is 344 g/mol. The molecule has 1 heterocycles. The van der Waals surface area contributed by atoms with Crippen LogP contribution in [-0.2, 0) is 16.1 Å². The fourth-order valence-electron chi connectivity index (χ4n) is 2.61. The molecule has 0 saturated carbocycles. The number of nitrogens with zero attached hydrogens (tertiary/aromatic N) is 1. The number of ether oxygens (including phenoxy) is 1. The molecule has 1 N–H and O–H groups in total. The molecule has 1 atom stereocenters. The molecule has 2 amide bonds. The standard InChI is InChI=1S/C18H17ClN2O3/c1-12(22)21-11-17(24-16-9-5-4-8-15(16)21)18(23)20-10-13-6-2-3-7-14(13)19/h2-9,17H,10-11H2,1H3,(H,20,23)/t17-/m1/s1. The molecule has 0 aromatic heterocycles. The number of fused-ring (bicyclic) bond motifs is 1. The van der Waals surface area contributed by atoms with Crippen molar-refractivity contribution in [3.8, 4) is 5.75 Å². The van der Waals surface area contributed by atoms with E-state index in [0.29, 0.717) is 23.0 Å². The summed E-state index contributed by atoms with van der Waals surface area (Å²) in [5.41, 5.74) is 1.51. The van der Waals surface area contributed by atoms with E-state index in [4.69, 9.17) is 16.3 Å². The number of hydrogen-bond acceptors (Lipinski definition) is 3. The van der Waals surface area contributed by atoms with Crippen LogP contribution in [0.4, 0.5) is 5.69 Å². The van der Waals surface area contributed by atoms with Gasteiger partial charge in [-0.1, -0.05) is 41.9 Å². The maximum absolute atomic E-state index is 12.4. The second-order valence-corrected chi connectivity index (χ2v) is 5.92. The first kappa shape index (κ1) is 16.3. The highest BCUT2D eigenvalue weighted by molar-refractivity contribution is 6.31. The van der Waals surface area contributed by atoms with E-state index in [0.717, 1.165) is 5.56 Å². The van der Waals surface area contributed by atoms with Crippen molar-refractivity contribution >= 4 is 29.1 Å². The molecule has 5 nitrogen and oxygen atoms in total. The van der Waals surface area contributed by atoms with Gasteiger partial charge in [0.05, 0.1) is 12.2 Å². The number of amides is 2. The first-order valence-corrected chi connectivity index (χ1v) is 7.99. The Morgan fingerprint density at radius 1 is 1.21 bits per heavy atom. The Hall–Kier alpha value is -2.53. The lowest BCUT2D eigenvalue weighted by atomic mass is 10.1. The van der Waals surface area contributed by atoms with Gasteiger partial charge in [0.1, 0.15) is 5.75 Å². The lowest BCUT2D eigenvalue weighted by molar-refractivity contribution is -0.128. The Morgan fingerprint density at radius 2 is 1.92 bits per heavy atom. The van der Waals surface area contributed by atoms with Crippen molar-refractivity contribution in [3.05, 3.63) is 59.1 Å². The molecule has 0 aliphatic carbocycles. The predicted octanol–water partition coefficient (Wildman–Crippen LogP) is 2.77. The summed E-state index contributed by atoms with van der Waals surface area (Å²) in [6, 6.07) is 14.5. The fourth-order valence-corrected chi connectivity index (χ4v) is 2.81. The summed E-state index contributed by atoms with van der Waals surface area (Å²) >= 11 is 6.09. The van der Waals surface area contributed by atoms with Crippen LogP contribution in [0, 0.1) is 0 Å². The topological polar surface area (TPSA) is 58.6 Å². The first-order valence-electron chi connectivity index (χ1n) is 7.61. The smallest absolute Gasteiger partial charge is 0.263 e. The number of anilines is 1. The highest BCUT2D eigenvalue weighted by Crippen LogP contribution is 2.33. The molecule has 0 saturated heterocycles. The molecule has 3 rings (SSSR count). The van der Waals surface area contributed by atoms with Gasteiger partial charge in [0.15, 0.2) is 6.10 Å². The van der Waals surface area contributed by atoms with Gasteiger partial charge in [0.2, 0.25) is 5.91 Å². The van der Waals surface area contributed by atoms with Crippen molar-refractivity contribution in [2.75, 3.05) is 11.4 Å². The van der Waals surface area contributed by atoms with Crippen LogP contribution in [0.15, 0.2) is 48.5 Å². The largest absolute Gasteiger partial charge is 0.477 e. The minimum atomic E-state index is -0.758. The van der Waals surface area contributed by atoms with Crippen LogP contribution in [0.3, 0.4) is 0 Å². The maximum atomic E-state index is 12.4. The average molecular weight is 345 g/mol. The number of halogens is 1. The molecule has 0 radical (unpaired) electrons. The van der Waals surface area contributed by atoms with E-state index in [1.165, 1.54) is 6.92 Å². The van der Waals surface area contributed by atoms with Crippen molar-refractivity contribution in [1.82, 2.24) is 5.32 Å².